The van der Waals surface area contributed by atoms with Crippen molar-refractivity contribution in [2.75, 3.05) is 18.4 Å². The normalized spacial score (nSPS) is 14.3. The number of anilines is 1. The Morgan fingerprint density at radius 2 is 1.67 bits per heavy atom. The highest BCUT2D eigenvalue weighted by Gasteiger charge is 2.18. The van der Waals surface area contributed by atoms with Crippen molar-refractivity contribution < 1.29 is 4.79 Å². The maximum Gasteiger partial charge on any atom is 0.238 e. The SMILES string of the molecule is O=C(CN1CCc2ccccc2C1)Nc1ccc2ccccc2c1. The van der Waals surface area contributed by atoms with Gasteiger partial charge < -0.3 is 5.32 Å². The van der Waals surface area contributed by atoms with E-state index in [1.165, 1.54) is 16.5 Å². The fraction of sp³-hybridized carbons (Fsp3) is 0.190. The lowest BCUT2D eigenvalue weighted by Gasteiger charge is -2.28. The molecule has 0 unspecified atom stereocenters. The molecule has 0 radical (unpaired) electrons. The maximum absolute atomic E-state index is 12.4. The summed E-state index contributed by atoms with van der Waals surface area (Å²) in [6, 6.07) is 22.7. The Hall–Kier alpha value is -2.65. The van der Waals surface area contributed by atoms with Crippen LogP contribution in [0.5, 0.6) is 0 Å². The van der Waals surface area contributed by atoms with E-state index in [0.29, 0.717) is 6.54 Å². The molecule has 0 fully saturated rings. The standard InChI is InChI=1S/C21H20N2O/c24-21(15-23-12-11-17-6-2-4-8-19(17)14-23)22-20-10-9-16-5-1-3-7-18(16)13-20/h1-10,13H,11-12,14-15H2,(H,22,24). The van der Waals surface area contributed by atoms with Crippen LogP contribution in [0.3, 0.4) is 0 Å². The fourth-order valence-corrected chi connectivity index (χ4v) is 3.36. The molecule has 1 aliphatic heterocycles. The average Bonchev–Trinajstić information content (AvgIpc) is 2.61. The van der Waals surface area contributed by atoms with Crippen LogP contribution in [0.1, 0.15) is 11.1 Å². The van der Waals surface area contributed by atoms with Crippen molar-refractivity contribution in [2.24, 2.45) is 0 Å². The number of nitrogens with one attached hydrogen (secondary N) is 1. The van der Waals surface area contributed by atoms with E-state index in [4.69, 9.17) is 0 Å². The molecule has 3 aromatic carbocycles. The lowest BCUT2D eigenvalue weighted by Crippen LogP contribution is -2.37. The van der Waals surface area contributed by atoms with E-state index < -0.39 is 0 Å². The summed E-state index contributed by atoms with van der Waals surface area (Å²) in [4.78, 5) is 14.6. The molecule has 0 spiro atoms. The van der Waals surface area contributed by atoms with Gasteiger partial charge in [0, 0.05) is 18.8 Å². The van der Waals surface area contributed by atoms with Crippen molar-refractivity contribution in [1.82, 2.24) is 4.90 Å². The second-order valence-corrected chi connectivity index (χ2v) is 6.34. The van der Waals surface area contributed by atoms with E-state index in [1.807, 2.05) is 30.3 Å². The van der Waals surface area contributed by atoms with Crippen LogP contribution >= 0.6 is 0 Å². The summed E-state index contributed by atoms with van der Waals surface area (Å²) in [5, 5.41) is 5.35. The van der Waals surface area contributed by atoms with E-state index in [-0.39, 0.29) is 5.91 Å². The quantitative estimate of drug-likeness (QED) is 0.796. The fourth-order valence-electron chi connectivity index (χ4n) is 3.36. The van der Waals surface area contributed by atoms with Gasteiger partial charge in [-0.05, 0) is 40.5 Å². The molecule has 0 saturated carbocycles. The monoisotopic (exact) mass is 316 g/mol. The summed E-state index contributed by atoms with van der Waals surface area (Å²) in [6.45, 7) is 2.21. The Bertz CT molecular complexity index is 888. The third-order valence-corrected chi connectivity index (χ3v) is 4.61. The van der Waals surface area contributed by atoms with Gasteiger partial charge in [0.2, 0.25) is 5.91 Å². The number of nitrogens with zero attached hydrogens (tertiary/aromatic N) is 1. The number of carbonyl (C=O) groups is 1. The summed E-state index contributed by atoms with van der Waals surface area (Å²) in [7, 11) is 0. The zero-order chi connectivity index (χ0) is 16.4. The van der Waals surface area contributed by atoms with Gasteiger partial charge in [0.05, 0.1) is 6.54 Å². The van der Waals surface area contributed by atoms with Crippen LogP contribution in [-0.2, 0) is 17.8 Å². The first-order valence-corrected chi connectivity index (χ1v) is 8.36. The van der Waals surface area contributed by atoms with E-state index in [2.05, 4.69) is 46.6 Å². The van der Waals surface area contributed by atoms with Gasteiger partial charge in [-0.1, -0.05) is 54.6 Å². The van der Waals surface area contributed by atoms with Gasteiger partial charge in [-0.25, -0.2) is 0 Å². The molecule has 3 heteroatoms. The molecule has 0 aromatic heterocycles. The Morgan fingerprint density at radius 1 is 0.917 bits per heavy atom. The highest BCUT2D eigenvalue weighted by atomic mass is 16.2. The zero-order valence-corrected chi connectivity index (χ0v) is 13.5. The number of hydrogen-bond acceptors (Lipinski definition) is 2. The van der Waals surface area contributed by atoms with Crippen molar-refractivity contribution in [2.45, 2.75) is 13.0 Å². The van der Waals surface area contributed by atoms with Gasteiger partial charge in [0.25, 0.3) is 0 Å². The van der Waals surface area contributed by atoms with Crippen molar-refractivity contribution in [3.8, 4) is 0 Å². The second kappa shape index (κ2) is 6.46. The molecule has 0 aliphatic carbocycles. The minimum absolute atomic E-state index is 0.0460. The van der Waals surface area contributed by atoms with Gasteiger partial charge in [-0.3, -0.25) is 9.69 Å². The number of benzene rings is 3. The van der Waals surface area contributed by atoms with Crippen LogP contribution in [0.25, 0.3) is 10.8 Å². The van der Waals surface area contributed by atoms with Crippen LogP contribution in [0.4, 0.5) is 5.69 Å². The van der Waals surface area contributed by atoms with E-state index in [0.717, 1.165) is 30.6 Å². The van der Waals surface area contributed by atoms with E-state index >= 15 is 0 Å². The van der Waals surface area contributed by atoms with Crippen LogP contribution in [0, 0.1) is 0 Å². The maximum atomic E-state index is 12.4. The summed E-state index contributed by atoms with van der Waals surface area (Å²) >= 11 is 0. The Labute approximate surface area is 141 Å². The van der Waals surface area contributed by atoms with Gasteiger partial charge in [-0.15, -0.1) is 0 Å². The van der Waals surface area contributed by atoms with Crippen molar-refractivity contribution in [3.63, 3.8) is 0 Å². The van der Waals surface area contributed by atoms with Crippen LogP contribution in [0.15, 0.2) is 66.7 Å². The Kier molecular flexibility index (Phi) is 4.01. The first kappa shape index (κ1) is 14.9. The molecule has 1 amide bonds. The molecular weight excluding hydrogens is 296 g/mol. The predicted octanol–water partition coefficient (Wildman–Crippen LogP) is 3.84. The molecule has 120 valence electrons. The van der Waals surface area contributed by atoms with E-state index in [9.17, 15) is 4.79 Å². The molecule has 1 N–H and O–H groups in total. The molecule has 0 bridgehead atoms. The third-order valence-electron chi connectivity index (χ3n) is 4.61. The predicted molar refractivity (Wildman–Crippen MR) is 98.0 cm³/mol. The number of amides is 1. The first-order chi connectivity index (χ1) is 11.8. The summed E-state index contributed by atoms with van der Waals surface area (Å²) in [5.41, 5.74) is 3.60. The Morgan fingerprint density at radius 3 is 2.54 bits per heavy atom. The summed E-state index contributed by atoms with van der Waals surface area (Å²) in [6.07, 6.45) is 1.01. The van der Waals surface area contributed by atoms with Crippen molar-refractivity contribution >= 4 is 22.4 Å². The smallest absolute Gasteiger partial charge is 0.238 e. The van der Waals surface area contributed by atoms with Gasteiger partial charge in [-0.2, -0.15) is 0 Å². The van der Waals surface area contributed by atoms with E-state index in [1.54, 1.807) is 0 Å². The third kappa shape index (κ3) is 3.17. The molecule has 3 nitrogen and oxygen atoms in total. The number of carbonyl (C=O) groups excluding carboxylic acids is 1. The minimum Gasteiger partial charge on any atom is -0.325 e. The Balaban J connectivity index is 1.41. The lowest BCUT2D eigenvalue weighted by molar-refractivity contribution is -0.117. The molecule has 24 heavy (non-hydrogen) atoms. The minimum atomic E-state index is 0.0460. The lowest BCUT2D eigenvalue weighted by atomic mass is 10.00. The van der Waals surface area contributed by atoms with Crippen molar-refractivity contribution in [1.29, 1.82) is 0 Å². The topological polar surface area (TPSA) is 32.3 Å². The molecular formula is C21H20N2O. The summed E-state index contributed by atoms with van der Waals surface area (Å²) < 4.78 is 0. The summed E-state index contributed by atoms with van der Waals surface area (Å²) in [5.74, 6) is 0.0460. The average molecular weight is 316 g/mol. The highest BCUT2D eigenvalue weighted by molar-refractivity contribution is 5.95. The number of hydrogen-bond donors (Lipinski definition) is 1. The second-order valence-electron chi connectivity index (χ2n) is 6.34. The number of rotatable bonds is 3. The first-order valence-electron chi connectivity index (χ1n) is 8.36. The van der Waals surface area contributed by atoms with Gasteiger partial charge in [0.1, 0.15) is 0 Å². The van der Waals surface area contributed by atoms with Crippen LogP contribution < -0.4 is 5.32 Å². The van der Waals surface area contributed by atoms with Gasteiger partial charge in [0.15, 0.2) is 0 Å². The van der Waals surface area contributed by atoms with Gasteiger partial charge >= 0.3 is 0 Å². The van der Waals surface area contributed by atoms with Crippen LogP contribution in [0.2, 0.25) is 0 Å². The van der Waals surface area contributed by atoms with Crippen LogP contribution in [-0.4, -0.2) is 23.9 Å². The molecule has 3 aromatic rings. The highest BCUT2D eigenvalue weighted by Crippen LogP contribution is 2.20. The zero-order valence-electron chi connectivity index (χ0n) is 13.5. The number of fused-ring (bicyclic) bond motifs is 2. The molecule has 0 atom stereocenters. The van der Waals surface area contributed by atoms with Crippen molar-refractivity contribution in [3.05, 3.63) is 77.9 Å². The molecule has 1 heterocycles. The molecule has 1 aliphatic rings. The molecule has 4 rings (SSSR count). The molecule has 0 saturated heterocycles. The largest absolute Gasteiger partial charge is 0.325 e.